The van der Waals surface area contributed by atoms with Gasteiger partial charge in [0, 0.05) is 7.05 Å². The minimum absolute atomic E-state index is 0.0111. The molecule has 1 N–H and O–H groups in total. The summed E-state index contributed by atoms with van der Waals surface area (Å²) in [4.78, 5) is 10.7. The molecule has 1 aliphatic rings. The summed E-state index contributed by atoms with van der Waals surface area (Å²) in [5, 5.41) is 0. The fourth-order valence-electron chi connectivity index (χ4n) is 0.733. The van der Waals surface area contributed by atoms with Crippen molar-refractivity contribution < 1.29 is 22.2 Å². The lowest BCUT2D eigenvalue weighted by molar-refractivity contribution is 0.162. The molecule has 0 aromatic heterocycles. The number of cyclic esters (lactones) is 1. The second-order valence-electron chi connectivity index (χ2n) is 1.93. The molecule has 0 aromatic carbocycles. The molecule has 1 aliphatic heterocycles. The maximum Gasteiger partial charge on any atom is 0.425 e. The van der Waals surface area contributed by atoms with E-state index in [0.717, 1.165) is 0 Å². The highest BCUT2D eigenvalue weighted by atomic mass is 32.2. The van der Waals surface area contributed by atoms with Gasteiger partial charge in [0.05, 0.1) is 6.54 Å². The first kappa shape index (κ1) is 9.23. The van der Waals surface area contributed by atoms with Crippen LogP contribution in [0.5, 0.6) is 0 Å². The van der Waals surface area contributed by atoms with E-state index in [2.05, 4.69) is 9.02 Å². The molecule has 0 saturated carbocycles. The van der Waals surface area contributed by atoms with Crippen LogP contribution in [0.15, 0.2) is 0 Å². The number of hydrogen-bond donors (Lipinski definition) is 1. The van der Waals surface area contributed by atoms with Crippen LogP contribution in [-0.4, -0.2) is 39.0 Å². The van der Waals surface area contributed by atoms with E-state index in [1.807, 2.05) is 5.48 Å². The van der Waals surface area contributed by atoms with Gasteiger partial charge in [0.25, 0.3) is 0 Å². The van der Waals surface area contributed by atoms with Gasteiger partial charge in [-0.05, 0) is 0 Å². The highest BCUT2D eigenvalue weighted by Crippen LogP contribution is 2.09. The molecule has 0 unspecified atom stereocenters. The Bertz CT molecular complexity index is 273. The van der Waals surface area contributed by atoms with Crippen LogP contribution in [0, 0.1) is 0 Å². The van der Waals surface area contributed by atoms with Gasteiger partial charge < -0.3 is 4.74 Å². The van der Waals surface area contributed by atoms with Gasteiger partial charge >= 0.3 is 16.4 Å². The first-order chi connectivity index (χ1) is 5.58. The molecule has 1 fully saturated rings. The first-order valence-corrected chi connectivity index (χ1v) is 4.49. The predicted molar refractivity (Wildman–Crippen MR) is 37.1 cm³/mol. The van der Waals surface area contributed by atoms with Crippen molar-refractivity contribution in [1.82, 2.24) is 9.79 Å². The largest absolute Gasteiger partial charge is 0.447 e. The third kappa shape index (κ3) is 1.65. The molecule has 8 heteroatoms. The number of nitrogens with zero attached hydrogens (tertiary/aromatic N) is 1. The standard InChI is InChI=1S/C4H8N2O5S/c1-5-11-12(8,9)6-2-3-10-4(6)7/h5H,2-3H2,1H3. The van der Waals surface area contributed by atoms with E-state index in [-0.39, 0.29) is 13.2 Å². The van der Waals surface area contributed by atoms with E-state index in [1.165, 1.54) is 7.05 Å². The van der Waals surface area contributed by atoms with Crippen LogP contribution < -0.4 is 5.48 Å². The van der Waals surface area contributed by atoms with Crippen molar-refractivity contribution in [2.24, 2.45) is 0 Å². The Balaban J connectivity index is 2.74. The lowest BCUT2D eigenvalue weighted by atomic mass is 10.7. The number of nitrogens with one attached hydrogen (secondary N) is 1. The van der Waals surface area contributed by atoms with Crippen molar-refractivity contribution in [1.29, 1.82) is 0 Å². The van der Waals surface area contributed by atoms with Gasteiger partial charge in [-0.1, -0.05) is 0 Å². The van der Waals surface area contributed by atoms with Gasteiger partial charge in [0.15, 0.2) is 0 Å². The Morgan fingerprint density at radius 2 is 2.33 bits per heavy atom. The molecule has 1 saturated heterocycles. The lowest BCUT2D eigenvalue weighted by Gasteiger charge is -2.10. The lowest BCUT2D eigenvalue weighted by Crippen LogP contribution is -2.35. The normalized spacial score (nSPS) is 18.1. The Morgan fingerprint density at radius 3 is 2.75 bits per heavy atom. The van der Waals surface area contributed by atoms with E-state index < -0.39 is 16.4 Å². The molecule has 0 aromatic rings. The predicted octanol–water partition coefficient (Wildman–Crippen LogP) is -1.17. The highest BCUT2D eigenvalue weighted by Gasteiger charge is 2.34. The van der Waals surface area contributed by atoms with Crippen molar-refractivity contribution in [3.05, 3.63) is 0 Å². The van der Waals surface area contributed by atoms with Gasteiger partial charge in [0.2, 0.25) is 0 Å². The molecule has 0 radical (unpaired) electrons. The Morgan fingerprint density at radius 1 is 1.67 bits per heavy atom. The maximum atomic E-state index is 11.0. The molecule has 7 nitrogen and oxygen atoms in total. The zero-order valence-corrected chi connectivity index (χ0v) is 7.13. The van der Waals surface area contributed by atoms with E-state index in [1.54, 1.807) is 0 Å². The monoisotopic (exact) mass is 196 g/mol. The molecule has 70 valence electrons. The fourth-order valence-corrected chi connectivity index (χ4v) is 1.57. The number of hydrogen-bond acceptors (Lipinski definition) is 6. The molecule has 0 aliphatic carbocycles. The molecule has 1 amide bonds. The summed E-state index contributed by atoms with van der Waals surface area (Å²) in [6.07, 6.45) is -0.912. The third-order valence-corrected chi connectivity index (χ3v) is 2.43. The van der Waals surface area contributed by atoms with Crippen molar-refractivity contribution in [3.8, 4) is 0 Å². The topological polar surface area (TPSA) is 84.9 Å². The van der Waals surface area contributed by atoms with Crippen molar-refractivity contribution in [2.45, 2.75) is 0 Å². The van der Waals surface area contributed by atoms with Gasteiger partial charge in [-0.2, -0.15) is 22.5 Å². The SMILES string of the molecule is CNOS(=O)(=O)N1CCOC1=O. The molecule has 12 heavy (non-hydrogen) atoms. The maximum absolute atomic E-state index is 11.0. The van der Waals surface area contributed by atoms with Crippen LogP contribution in [0.3, 0.4) is 0 Å². The molecule has 0 spiro atoms. The number of hydroxylamine groups is 1. The number of rotatable bonds is 3. The molecule has 1 heterocycles. The number of ether oxygens (including phenoxy) is 1. The van der Waals surface area contributed by atoms with E-state index in [9.17, 15) is 13.2 Å². The quantitative estimate of drug-likeness (QED) is 0.573. The van der Waals surface area contributed by atoms with Gasteiger partial charge in [-0.3, -0.25) is 0 Å². The van der Waals surface area contributed by atoms with Gasteiger partial charge in [-0.15, -0.1) is 0 Å². The summed E-state index contributed by atoms with van der Waals surface area (Å²) < 4.78 is 31.0. The van der Waals surface area contributed by atoms with Crippen LogP contribution in [0.25, 0.3) is 0 Å². The summed E-state index contributed by atoms with van der Waals surface area (Å²) >= 11 is 0. The molecular formula is C4H8N2O5S. The van der Waals surface area contributed by atoms with E-state index >= 15 is 0 Å². The molecular weight excluding hydrogens is 188 g/mol. The minimum atomic E-state index is -4.01. The van der Waals surface area contributed by atoms with Gasteiger partial charge in [-0.25, -0.2) is 4.79 Å². The number of carbonyl (C=O) groups is 1. The zero-order chi connectivity index (χ0) is 9.19. The summed E-state index contributed by atoms with van der Waals surface area (Å²) in [5.41, 5.74) is 1.97. The van der Waals surface area contributed by atoms with Crippen LogP contribution in [-0.2, 0) is 19.3 Å². The average Bonchev–Trinajstić information content (AvgIpc) is 2.35. The van der Waals surface area contributed by atoms with Crippen LogP contribution in [0.4, 0.5) is 4.79 Å². The summed E-state index contributed by atoms with van der Waals surface area (Å²) in [5.74, 6) is 0. The molecule has 1 rings (SSSR count). The van der Waals surface area contributed by atoms with E-state index in [4.69, 9.17) is 0 Å². The van der Waals surface area contributed by atoms with Crippen molar-refractivity contribution >= 4 is 16.4 Å². The zero-order valence-electron chi connectivity index (χ0n) is 6.31. The molecule has 0 bridgehead atoms. The Hall–Kier alpha value is -0.860. The second kappa shape index (κ2) is 3.25. The molecule has 0 atom stereocenters. The summed E-state index contributed by atoms with van der Waals surface area (Å²) in [6, 6.07) is 0. The Labute approximate surface area is 69.5 Å². The minimum Gasteiger partial charge on any atom is -0.447 e. The Kier molecular flexibility index (Phi) is 2.50. The highest BCUT2D eigenvalue weighted by molar-refractivity contribution is 7.84. The first-order valence-electron chi connectivity index (χ1n) is 3.12. The van der Waals surface area contributed by atoms with Gasteiger partial charge in [0.1, 0.15) is 6.61 Å². The van der Waals surface area contributed by atoms with Crippen LogP contribution in [0.1, 0.15) is 0 Å². The van der Waals surface area contributed by atoms with Crippen LogP contribution >= 0.6 is 0 Å². The van der Waals surface area contributed by atoms with Crippen molar-refractivity contribution in [2.75, 3.05) is 20.2 Å². The number of amides is 1. The fraction of sp³-hybridized carbons (Fsp3) is 0.750. The second-order valence-corrected chi connectivity index (χ2v) is 3.39. The van der Waals surface area contributed by atoms with Crippen LogP contribution in [0.2, 0.25) is 0 Å². The third-order valence-electron chi connectivity index (χ3n) is 1.18. The number of carbonyl (C=O) groups excluding carboxylic acids is 1. The van der Waals surface area contributed by atoms with Crippen molar-refractivity contribution in [3.63, 3.8) is 0 Å². The average molecular weight is 196 g/mol. The summed E-state index contributed by atoms with van der Waals surface area (Å²) in [6.45, 7) is 0.0496. The van der Waals surface area contributed by atoms with E-state index in [0.29, 0.717) is 4.31 Å². The summed E-state index contributed by atoms with van der Waals surface area (Å²) in [7, 11) is -2.73. The smallest absolute Gasteiger partial charge is 0.425 e.